The molecule has 3 nitrogen and oxygen atoms in total. The quantitative estimate of drug-likeness (QED) is 0.700. The Bertz CT molecular complexity index is 252. The largest absolute Gasteiger partial charge is 0.365 e. The summed E-state index contributed by atoms with van der Waals surface area (Å²) >= 11 is 1.51. The first kappa shape index (κ1) is 7.94. The van der Waals surface area contributed by atoms with Gasteiger partial charge in [0.15, 0.2) is 10.9 Å². The Morgan fingerprint density at radius 3 is 2.82 bits per heavy atom. The van der Waals surface area contributed by atoms with Crippen LogP contribution in [-0.4, -0.2) is 18.7 Å². The molecule has 0 aromatic carbocycles. The Kier molecular flexibility index (Phi) is 2.38. The van der Waals surface area contributed by atoms with Crippen molar-refractivity contribution < 1.29 is 0 Å². The van der Waals surface area contributed by atoms with Crippen LogP contribution in [0.1, 0.15) is 4.88 Å². The molecule has 0 bridgehead atoms. The first-order valence-electron chi connectivity index (χ1n) is 3.09. The van der Waals surface area contributed by atoms with E-state index in [4.69, 9.17) is 0 Å². The highest BCUT2D eigenvalue weighted by molar-refractivity contribution is 7.16. The van der Waals surface area contributed by atoms with E-state index >= 15 is 0 Å². The number of thiazole rings is 1. The van der Waals surface area contributed by atoms with Crippen molar-refractivity contribution in [3.63, 3.8) is 0 Å². The Morgan fingerprint density at radius 2 is 2.45 bits per heavy atom. The summed E-state index contributed by atoms with van der Waals surface area (Å²) in [6.07, 6.45) is 1.72. The molecule has 0 aliphatic heterocycles. The monoisotopic (exact) mass is 167 g/mol. The Morgan fingerprint density at radius 1 is 1.73 bits per heavy atom. The molecule has 0 amide bonds. The van der Waals surface area contributed by atoms with Crippen molar-refractivity contribution in [2.75, 3.05) is 12.4 Å². The fraction of sp³-hybridized carbons (Fsp3) is 0.143. The van der Waals surface area contributed by atoms with Crippen LogP contribution in [-0.2, 0) is 0 Å². The lowest BCUT2D eigenvalue weighted by molar-refractivity contribution is 1.32. The van der Waals surface area contributed by atoms with E-state index in [-0.39, 0.29) is 0 Å². The lowest BCUT2D eigenvalue weighted by atomic mass is 10.5. The number of rotatable bonds is 3. The minimum absolute atomic E-state index is 0.648. The minimum Gasteiger partial charge on any atom is -0.365 e. The predicted octanol–water partition coefficient (Wildman–Crippen LogP) is 2.16. The number of hydrogen-bond acceptors (Lipinski definition) is 4. The van der Waals surface area contributed by atoms with Gasteiger partial charge in [0.2, 0.25) is 0 Å². The third-order valence-electron chi connectivity index (χ3n) is 1.18. The zero-order valence-corrected chi connectivity index (χ0v) is 7.11. The molecule has 0 atom stereocenters. The molecule has 0 aliphatic rings. The van der Waals surface area contributed by atoms with Crippen LogP contribution in [0.5, 0.6) is 0 Å². The van der Waals surface area contributed by atoms with Crippen LogP contribution >= 0.6 is 11.3 Å². The molecule has 0 spiro atoms. The van der Waals surface area contributed by atoms with Gasteiger partial charge in [-0.2, -0.15) is 0 Å². The minimum atomic E-state index is 0.648. The summed E-state index contributed by atoms with van der Waals surface area (Å²) < 4.78 is 0. The zero-order valence-electron chi connectivity index (χ0n) is 6.29. The summed E-state index contributed by atoms with van der Waals surface area (Å²) in [7, 11) is 1.82. The topological polar surface area (TPSA) is 37.3 Å². The second-order valence-electron chi connectivity index (χ2n) is 1.82. The highest BCUT2D eigenvalue weighted by atomic mass is 32.1. The lowest BCUT2D eigenvalue weighted by Gasteiger charge is -1.85. The molecular weight excluding hydrogens is 158 g/mol. The summed E-state index contributed by atoms with van der Waals surface area (Å²) in [5.74, 6) is 0.648. The van der Waals surface area contributed by atoms with E-state index in [2.05, 4.69) is 28.6 Å². The fourth-order valence-electron chi connectivity index (χ4n) is 0.677. The summed E-state index contributed by atoms with van der Waals surface area (Å²) in [6.45, 7) is 7.05. The van der Waals surface area contributed by atoms with E-state index in [1.165, 1.54) is 11.3 Å². The van der Waals surface area contributed by atoms with Crippen molar-refractivity contribution in [3.8, 4) is 0 Å². The van der Waals surface area contributed by atoms with Crippen molar-refractivity contribution >= 4 is 35.1 Å². The molecule has 1 aromatic rings. The highest BCUT2D eigenvalue weighted by Gasteiger charge is 2.04. The SMILES string of the molecule is C=Cc1sc(NC)nc1N=C. The van der Waals surface area contributed by atoms with Crippen LogP contribution in [0.3, 0.4) is 0 Å². The van der Waals surface area contributed by atoms with Crippen LogP contribution in [0.4, 0.5) is 10.9 Å². The molecule has 1 heterocycles. The smallest absolute Gasteiger partial charge is 0.185 e. The number of nitrogens with one attached hydrogen (secondary N) is 1. The van der Waals surface area contributed by atoms with Gasteiger partial charge in [-0.25, -0.2) is 9.98 Å². The second-order valence-corrected chi connectivity index (χ2v) is 2.85. The van der Waals surface area contributed by atoms with E-state index in [9.17, 15) is 0 Å². The molecule has 0 saturated heterocycles. The van der Waals surface area contributed by atoms with Crippen LogP contribution < -0.4 is 5.32 Å². The summed E-state index contributed by atoms with van der Waals surface area (Å²) in [5, 5.41) is 3.76. The van der Waals surface area contributed by atoms with E-state index in [1.54, 1.807) is 6.08 Å². The van der Waals surface area contributed by atoms with Gasteiger partial charge in [0.1, 0.15) is 0 Å². The maximum atomic E-state index is 4.12. The third-order valence-corrected chi connectivity index (χ3v) is 2.24. The van der Waals surface area contributed by atoms with Crippen molar-refractivity contribution in [3.05, 3.63) is 11.5 Å². The Hall–Kier alpha value is -1.16. The average Bonchev–Trinajstić information content (AvgIpc) is 2.46. The van der Waals surface area contributed by atoms with E-state index in [0.717, 1.165) is 10.0 Å². The van der Waals surface area contributed by atoms with Crippen LogP contribution in [0.25, 0.3) is 6.08 Å². The maximum absolute atomic E-state index is 4.12. The van der Waals surface area contributed by atoms with Gasteiger partial charge in [-0.15, -0.1) is 0 Å². The molecule has 1 aromatic heterocycles. The van der Waals surface area contributed by atoms with E-state index in [1.807, 2.05) is 7.05 Å². The number of anilines is 1. The summed E-state index contributed by atoms with van der Waals surface area (Å²) in [4.78, 5) is 8.82. The van der Waals surface area contributed by atoms with Gasteiger partial charge in [-0.1, -0.05) is 17.9 Å². The molecule has 1 N–H and O–H groups in total. The first-order chi connectivity index (χ1) is 5.31. The van der Waals surface area contributed by atoms with E-state index < -0.39 is 0 Å². The Labute approximate surface area is 69.5 Å². The van der Waals surface area contributed by atoms with Gasteiger partial charge in [0.05, 0.1) is 4.88 Å². The van der Waals surface area contributed by atoms with Gasteiger partial charge in [-0.3, -0.25) is 0 Å². The maximum Gasteiger partial charge on any atom is 0.185 e. The van der Waals surface area contributed by atoms with Gasteiger partial charge in [0, 0.05) is 7.05 Å². The molecule has 0 saturated carbocycles. The molecule has 0 fully saturated rings. The fourth-order valence-corrected chi connectivity index (χ4v) is 1.40. The number of aliphatic imine (C=N–C) groups is 1. The van der Waals surface area contributed by atoms with Crippen LogP contribution in [0, 0.1) is 0 Å². The van der Waals surface area contributed by atoms with Gasteiger partial charge in [0.25, 0.3) is 0 Å². The average molecular weight is 167 g/mol. The molecule has 11 heavy (non-hydrogen) atoms. The van der Waals surface area contributed by atoms with Crippen LogP contribution in [0.15, 0.2) is 11.6 Å². The molecule has 0 radical (unpaired) electrons. The molecule has 4 heteroatoms. The van der Waals surface area contributed by atoms with Crippen molar-refractivity contribution in [2.45, 2.75) is 0 Å². The van der Waals surface area contributed by atoms with Crippen molar-refractivity contribution in [1.82, 2.24) is 4.98 Å². The van der Waals surface area contributed by atoms with Gasteiger partial charge in [-0.05, 0) is 12.8 Å². The number of hydrogen-bond donors (Lipinski definition) is 1. The predicted molar refractivity (Wildman–Crippen MR) is 51.0 cm³/mol. The molecule has 58 valence electrons. The third kappa shape index (κ3) is 1.46. The van der Waals surface area contributed by atoms with Crippen molar-refractivity contribution in [1.29, 1.82) is 0 Å². The number of nitrogens with zero attached hydrogens (tertiary/aromatic N) is 2. The standard InChI is InChI=1S/C7H9N3S/c1-4-5-6(8-2)10-7(9-3)11-5/h4H,1-2H2,3H3,(H,9,10). The lowest BCUT2D eigenvalue weighted by Crippen LogP contribution is -1.83. The van der Waals surface area contributed by atoms with Crippen molar-refractivity contribution in [2.24, 2.45) is 4.99 Å². The summed E-state index contributed by atoms with van der Waals surface area (Å²) in [6, 6.07) is 0. The zero-order chi connectivity index (χ0) is 8.27. The van der Waals surface area contributed by atoms with E-state index in [0.29, 0.717) is 5.82 Å². The number of aromatic nitrogens is 1. The molecule has 0 aliphatic carbocycles. The molecular formula is C7H9N3S. The second kappa shape index (κ2) is 3.30. The van der Waals surface area contributed by atoms with Gasteiger partial charge < -0.3 is 5.32 Å². The van der Waals surface area contributed by atoms with Gasteiger partial charge >= 0.3 is 0 Å². The Balaban J connectivity index is 3.11. The highest BCUT2D eigenvalue weighted by Crippen LogP contribution is 2.29. The summed E-state index contributed by atoms with van der Waals surface area (Å²) in [5.41, 5.74) is 0. The normalized spacial score (nSPS) is 9.18. The van der Waals surface area contributed by atoms with Crippen LogP contribution in [0.2, 0.25) is 0 Å². The molecule has 1 rings (SSSR count). The first-order valence-corrected chi connectivity index (χ1v) is 3.91. The molecule has 0 unspecified atom stereocenters.